The van der Waals surface area contributed by atoms with Crippen LogP contribution in [-0.2, 0) is 24.6 Å². The van der Waals surface area contributed by atoms with Gasteiger partial charge in [0.05, 0.1) is 55.5 Å². The first-order valence-electron chi connectivity index (χ1n) is 17.2. The molecule has 0 aliphatic carbocycles. The largest absolute Gasteiger partial charge is 1.00 e. The van der Waals surface area contributed by atoms with Crippen LogP contribution in [0.25, 0.3) is 27.6 Å². The van der Waals surface area contributed by atoms with Crippen molar-refractivity contribution >= 4 is 17.5 Å². The zero-order valence-corrected chi connectivity index (χ0v) is 31.8. The maximum atomic E-state index is 14.2. The molecule has 6 rings (SSSR count). The monoisotopic (exact) mass is 804 g/mol. The van der Waals surface area contributed by atoms with E-state index in [0.29, 0.717) is 30.5 Å². The number of halogens is 4. The third kappa shape index (κ3) is 8.04. The Bertz CT molecular complexity index is 2230. The van der Waals surface area contributed by atoms with Crippen LogP contribution >= 0.6 is 0 Å². The van der Waals surface area contributed by atoms with Crippen LogP contribution in [0.15, 0.2) is 95.9 Å². The lowest BCUT2D eigenvalue weighted by Crippen LogP contribution is -3.00. The van der Waals surface area contributed by atoms with Gasteiger partial charge in [-0.2, -0.15) is 18.3 Å². The molecule has 3 heterocycles. The normalized spacial score (nSPS) is 14.2. The van der Waals surface area contributed by atoms with Gasteiger partial charge in [0.25, 0.3) is 11.5 Å². The molecule has 54 heavy (non-hydrogen) atoms. The summed E-state index contributed by atoms with van der Waals surface area (Å²) in [5.74, 6) is -1.16. The lowest BCUT2D eigenvalue weighted by molar-refractivity contribution is -0.929. The highest BCUT2D eigenvalue weighted by atomic mass is 79.9. The number of nitrogens with one attached hydrogen (secondary N) is 1. The van der Waals surface area contributed by atoms with Gasteiger partial charge in [0, 0.05) is 38.5 Å². The fraction of sp³-hybridized carbons (Fsp3) is 0.308. The molecule has 5 aromatic rings. The number of benzene rings is 3. The smallest absolute Gasteiger partial charge is 0.416 e. The zero-order chi connectivity index (χ0) is 38.1. The van der Waals surface area contributed by atoms with E-state index in [1.54, 1.807) is 42.2 Å². The minimum Gasteiger partial charge on any atom is -1.00 e. The third-order valence-corrected chi connectivity index (χ3v) is 9.94. The summed E-state index contributed by atoms with van der Waals surface area (Å²) in [4.78, 5) is 47.2. The second-order valence-corrected chi connectivity index (χ2v) is 13.8. The van der Waals surface area contributed by atoms with Crippen molar-refractivity contribution in [2.45, 2.75) is 44.6 Å². The molecule has 0 bridgehead atoms. The molecule has 3 aromatic carbocycles. The molecular weight excluding hydrogens is 765 g/mol. The minimum absolute atomic E-state index is 0. The van der Waals surface area contributed by atoms with Crippen LogP contribution < -0.4 is 27.9 Å². The number of alkyl halides is 3. The maximum Gasteiger partial charge on any atom is 0.416 e. The summed E-state index contributed by atoms with van der Waals surface area (Å²) in [6.45, 7) is 10.7. The molecule has 1 atom stereocenters. The average molecular weight is 806 g/mol. The second-order valence-electron chi connectivity index (χ2n) is 13.8. The Morgan fingerprint density at radius 2 is 1.65 bits per heavy atom. The van der Waals surface area contributed by atoms with Gasteiger partial charge < -0.3 is 31.7 Å². The zero-order valence-electron chi connectivity index (χ0n) is 30.2. The fourth-order valence-corrected chi connectivity index (χ4v) is 7.14. The van der Waals surface area contributed by atoms with Crippen LogP contribution in [0.1, 0.15) is 41.3 Å². The van der Waals surface area contributed by atoms with Gasteiger partial charge in [0.1, 0.15) is 23.8 Å². The van der Waals surface area contributed by atoms with Crippen molar-refractivity contribution in [3.05, 3.63) is 130 Å². The highest BCUT2D eigenvalue weighted by Crippen LogP contribution is 2.32. The first-order chi connectivity index (χ1) is 25.2. The van der Waals surface area contributed by atoms with Gasteiger partial charge >= 0.3 is 6.18 Å². The van der Waals surface area contributed by atoms with Gasteiger partial charge in [0.2, 0.25) is 5.91 Å². The van der Waals surface area contributed by atoms with Crippen molar-refractivity contribution in [2.75, 3.05) is 27.2 Å². The molecule has 0 radical (unpaired) electrons. The van der Waals surface area contributed by atoms with Crippen LogP contribution in [0.2, 0.25) is 0 Å². The number of amides is 2. The quantitative estimate of drug-likeness (QED) is 0.183. The van der Waals surface area contributed by atoms with Gasteiger partial charge in [-0.15, -0.1) is 0 Å². The van der Waals surface area contributed by atoms with Gasteiger partial charge in [-0.1, -0.05) is 48.5 Å². The van der Waals surface area contributed by atoms with E-state index in [1.807, 2.05) is 18.2 Å². The van der Waals surface area contributed by atoms with Crippen LogP contribution in [0.4, 0.5) is 18.9 Å². The summed E-state index contributed by atoms with van der Waals surface area (Å²) >= 11 is 0. The first kappa shape index (κ1) is 39.7. The Hall–Kier alpha value is -5.46. The molecule has 1 aliphatic rings. The highest BCUT2D eigenvalue weighted by Gasteiger charge is 2.36. The van der Waals surface area contributed by atoms with E-state index in [4.69, 9.17) is 6.57 Å². The van der Waals surface area contributed by atoms with E-state index >= 15 is 0 Å². The van der Waals surface area contributed by atoms with Gasteiger partial charge in [-0.05, 0) is 43.3 Å². The molecule has 1 aliphatic heterocycles. The molecule has 1 saturated heterocycles. The summed E-state index contributed by atoms with van der Waals surface area (Å²) in [5, 5.41) is 7.10. The molecular formula is C39H40BrF3N8O3. The molecule has 1 N–H and O–H groups in total. The maximum absolute atomic E-state index is 14.2. The van der Waals surface area contributed by atoms with Crippen molar-refractivity contribution in [1.82, 2.24) is 29.4 Å². The number of hydrogen-bond acceptors (Lipinski definition) is 4. The van der Waals surface area contributed by atoms with Gasteiger partial charge in [0.15, 0.2) is 5.69 Å². The van der Waals surface area contributed by atoms with E-state index in [9.17, 15) is 27.6 Å². The number of carbonyl (C=O) groups excluding carboxylic acids is 2. The lowest BCUT2D eigenvalue weighted by Gasteiger charge is -2.43. The SMILES string of the molecule is [Br-].[C-]#[N+]c1ccc(-n2nccc2-c2c(C(=O)N[C@@H](C)C(=O)N3CCC([N+](C)(C)Cc4ccccc4)CC3)c(=O)n(-c3cccc(C(F)(F)F)c3)n2C)cc1. The Balaban J connectivity index is 0.00000561. The number of quaternary nitrogens is 1. The van der Waals surface area contributed by atoms with E-state index in [-0.39, 0.29) is 45.5 Å². The number of nitrogens with zero attached hydrogens (tertiary/aromatic N) is 7. The number of likely N-dealkylation sites (tertiary alicyclic amines) is 1. The predicted octanol–water partition coefficient (Wildman–Crippen LogP) is 2.99. The molecule has 2 amide bonds. The number of carbonyl (C=O) groups is 2. The molecule has 0 saturated carbocycles. The summed E-state index contributed by atoms with van der Waals surface area (Å²) in [7, 11) is 5.84. The van der Waals surface area contributed by atoms with E-state index in [0.717, 1.165) is 40.7 Å². The van der Waals surface area contributed by atoms with E-state index in [2.05, 4.69) is 41.5 Å². The Morgan fingerprint density at radius 3 is 2.28 bits per heavy atom. The van der Waals surface area contributed by atoms with Crippen LogP contribution in [-0.4, -0.2) is 79.6 Å². The van der Waals surface area contributed by atoms with Crippen LogP contribution in [0.5, 0.6) is 0 Å². The Morgan fingerprint density at radius 1 is 0.981 bits per heavy atom. The number of piperidine rings is 1. The summed E-state index contributed by atoms with van der Waals surface area (Å²) in [6, 6.07) is 21.9. The van der Waals surface area contributed by atoms with Gasteiger partial charge in [-0.3, -0.25) is 19.1 Å². The first-order valence-corrected chi connectivity index (χ1v) is 17.2. The number of rotatable bonds is 9. The standard InChI is InChI=1S/C39H39F3N8O3.BrH/c1-26(37(52)47-22-19-32(20-23-47)50(4,5)25-27-10-7-6-8-11-27)45-36(51)34-35(33-18-21-44-48(33)30-16-14-29(43-2)15-17-30)46(3)49(38(34)53)31-13-9-12-28(24-31)39(40,41)42;/h6-18,21,24,26,32H,19-20,22-23,25H2,1,3-5H3;1H/t26-;/m0./s1. The van der Waals surface area contributed by atoms with Crippen molar-refractivity contribution in [3.63, 3.8) is 0 Å². The van der Waals surface area contributed by atoms with Crippen molar-refractivity contribution in [1.29, 1.82) is 0 Å². The fourth-order valence-electron chi connectivity index (χ4n) is 7.14. The lowest BCUT2D eigenvalue weighted by atomic mass is 9.99. The summed E-state index contributed by atoms with van der Waals surface area (Å²) in [6.07, 6.45) is -1.67. The summed E-state index contributed by atoms with van der Waals surface area (Å²) in [5.41, 5.74) is 0.164. The van der Waals surface area contributed by atoms with E-state index < -0.39 is 29.2 Å². The Kier molecular flexibility index (Phi) is 11.7. The molecule has 1 fully saturated rings. The average Bonchev–Trinajstić information content (AvgIpc) is 3.72. The molecule has 0 spiro atoms. The molecule has 282 valence electrons. The van der Waals surface area contributed by atoms with Gasteiger partial charge in [-0.25, -0.2) is 14.2 Å². The van der Waals surface area contributed by atoms with Crippen LogP contribution in [0, 0.1) is 6.57 Å². The highest BCUT2D eigenvalue weighted by molar-refractivity contribution is 6.02. The number of aromatic nitrogens is 4. The molecule has 0 unspecified atom stereocenters. The van der Waals surface area contributed by atoms with Crippen molar-refractivity contribution in [2.24, 2.45) is 7.05 Å². The Labute approximate surface area is 321 Å². The third-order valence-electron chi connectivity index (χ3n) is 9.94. The predicted molar refractivity (Wildman–Crippen MR) is 194 cm³/mol. The van der Waals surface area contributed by atoms with Crippen LogP contribution in [0.3, 0.4) is 0 Å². The minimum atomic E-state index is -4.68. The molecule has 2 aromatic heterocycles. The molecule has 11 nitrogen and oxygen atoms in total. The second kappa shape index (κ2) is 15.9. The topological polar surface area (TPSA) is 98.5 Å². The van der Waals surface area contributed by atoms with E-state index in [1.165, 1.54) is 40.3 Å². The van der Waals surface area contributed by atoms with Crippen molar-refractivity contribution < 1.29 is 44.2 Å². The summed E-state index contributed by atoms with van der Waals surface area (Å²) < 4.78 is 45.7. The number of hydrogen-bond donors (Lipinski definition) is 1. The van der Waals surface area contributed by atoms with Crippen molar-refractivity contribution in [3.8, 4) is 22.8 Å². The molecule has 15 heteroatoms.